The summed E-state index contributed by atoms with van der Waals surface area (Å²) in [5.74, 6) is 0.219. The normalized spacial score (nSPS) is 15.5. The minimum atomic E-state index is -0.572. The predicted molar refractivity (Wildman–Crippen MR) is 143 cm³/mol. The molecular formula is C28H27N3O4S. The molecule has 2 N–H and O–H groups in total. The van der Waals surface area contributed by atoms with Crippen molar-refractivity contribution in [2.75, 3.05) is 19.8 Å². The Labute approximate surface area is 214 Å². The number of primary amides is 1. The maximum atomic E-state index is 13.4. The van der Waals surface area contributed by atoms with E-state index in [9.17, 15) is 9.59 Å². The molecule has 1 aliphatic heterocycles. The fraction of sp³-hybridized carbons (Fsp3) is 0.179. The summed E-state index contributed by atoms with van der Waals surface area (Å²) in [5.41, 5.74) is 7.90. The van der Waals surface area contributed by atoms with E-state index in [2.05, 4.69) is 12.1 Å². The van der Waals surface area contributed by atoms with Crippen molar-refractivity contribution in [3.8, 4) is 11.5 Å². The quantitative estimate of drug-likeness (QED) is 0.403. The van der Waals surface area contributed by atoms with E-state index in [0.29, 0.717) is 41.1 Å². The van der Waals surface area contributed by atoms with E-state index in [1.54, 1.807) is 23.1 Å². The number of amides is 2. The Morgan fingerprint density at radius 3 is 2.42 bits per heavy atom. The highest BCUT2D eigenvalue weighted by Crippen LogP contribution is 2.36. The molecule has 0 spiro atoms. The van der Waals surface area contributed by atoms with Crippen molar-refractivity contribution < 1.29 is 19.1 Å². The Kier molecular flexibility index (Phi) is 8.41. The van der Waals surface area contributed by atoms with Crippen molar-refractivity contribution in [3.63, 3.8) is 0 Å². The molecule has 2 amide bonds. The van der Waals surface area contributed by atoms with E-state index >= 15 is 0 Å². The fourth-order valence-corrected chi connectivity index (χ4v) is 4.61. The van der Waals surface area contributed by atoms with E-state index in [-0.39, 0.29) is 12.5 Å². The highest BCUT2D eigenvalue weighted by atomic mass is 32.2. The summed E-state index contributed by atoms with van der Waals surface area (Å²) in [6.45, 7) is 2.55. The first-order valence-corrected chi connectivity index (χ1v) is 12.4. The highest BCUT2D eigenvalue weighted by Gasteiger charge is 2.33. The second-order valence-electron chi connectivity index (χ2n) is 7.93. The SMILES string of the molecule is CCOc1cc(/C=C2/SC(=Nc3ccccc3)N(CCc3ccccc3)C2=O)ccc1OCC(N)=O. The van der Waals surface area contributed by atoms with Gasteiger partial charge < -0.3 is 15.2 Å². The van der Waals surface area contributed by atoms with Crippen LogP contribution in [0.25, 0.3) is 6.08 Å². The minimum Gasteiger partial charge on any atom is -0.490 e. The number of carbonyl (C=O) groups excluding carboxylic acids is 2. The molecule has 1 heterocycles. The Hall–Kier alpha value is -4.04. The fourth-order valence-electron chi connectivity index (χ4n) is 3.59. The summed E-state index contributed by atoms with van der Waals surface area (Å²) >= 11 is 1.34. The third-order valence-electron chi connectivity index (χ3n) is 5.27. The lowest BCUT2D eigenvalue weighted by Crippen LogP contribution is -2.31. The first-order chi connectivity index (χ1) is 17.5. The Balaban J connectivity index is 1.61. The topological polar surface area (TPSA) is 94.2 Å². The van der Waals surface area contributed by atoms with Crippen LogP contribution in [0.5, 0.6) is 11.5 Å². The van der Waals surface area contributed by atoms with Crippen LogP contribution >= 0.6 is 11.8 Å². The number of amidine groups is 1. The van der Waals surface area contributed by atoms with Crippen LogP contribution in [-0.2, 0) is 16.0 Å². The molecule has 0 aliphatic carbocycles. The highest BCUT2D eigenvalue weighted by molar-refractivity contribution is 8.18. The van der Waals surface area contributed by atoms with Crippen LogP contribution in [0, 0.1) is 0 Å². The van der Waals surface area contributed by atoms with Gasteiger partial charge in [-0.15, -0.1) is 0 Å². The van der Waals surface area contributed by atoms with Crippen LogP contribution in [0.1, 0.15) is 18.1 Å². The number of nitrogens with zero attached hydrogens (tertiary/aromatic N) is 2. The van der Waals surface area contributed by atoms with Crippen molar-refractivity contribution in [1.29, 1.82) is 0 Å². The summed E-state index contributed by atoms with van der Waals surface area (Å²) in [7, 11) is 0. The largest absolute Gasteiger partial charge is 0.490 e. The van der Waals surface area contributed by atoms with Gasteiger partial charge in [0.2, 0.25) is 0 Å². The van der Waals surface area contributed by atoms with E-state index < -0.39 is 5.91 Å². The van der Waals surface area contributed by atoms with E-state index in [0.717, 1.165) is 16.8 Å². The predicted octanol–water partition coefficient (Wildman–Crippen LogP) is 4.80. The van der Waals surface area contributed by atoms with Gasteiger partial charge in [0.1, 0.15) is 0 Å². The molecule has 0 saturated carbocycles. The van der Waals surface area contributed by atoms with Crippen LogP contribution in [0.15, 0.2) is 88.8 Å². The molecule has 7 nitrogen and oxygen atoms in total. The van der Waals surface area contributed by atoms with Crippen LogP contribution in [-0.4, -0.2) is 41.6 Å². The Morgan fingerprint density at radius 2 is 1.72 bits per heavy atom. The number of rotatable bonds is 10. The number of hydrogen-bond donors (Lipinski definition) is 1. The summed E-state index contributed by atoms with van der Waals surface area (Å²) < 4.78 is 11.1. The lowest BCUT2D eigenvalue weighted by Gasteiger charge is -2.15. The van der Waals surface area contributed by atoms with Crippen LogP contribution in [0.3, 0.4) is 0 Å². The van der Waals surface area contributed by atoms with Crippen LogP contribution in [0.4, 0.5) is 5.69 Å². The standard InChI is InChI=1S/C28H27N3O4S/c1-2-34-24-17-21(13-14-23(24)35-19-26(29)32)18-25-27(33)31(16-15-20-9-5-3-6-10-20)28(36-25)30-22-11-7-4-8-12-22/h3-14,17-18H,2,15-16,19H2,1H3,(H2,29,32)/b25-18+,30-28?. The second kappa shape index (κ2) is 12.1. The number of nitrogens with two attached hydrogens (primary N) is 1. The molecule has 3 aromatic carbocycles. The molecule has 4 rings (SSSR count). The number of aliphatic imine (C=N–C) groups is 1. The molecule has 0 aromatic heterocycles. The number of ether oxygens (including phenoxy) is 2. The molecule has 0 bridgehead atoms. The summed E-state index contributed by atoms with van der Waals surface area (Å²) in [6, 6.07) is 24.9. The summed E-state index contributed by atoms with van der Waals surface area (Å²) in [5, 5.41) is 0.639. The van der Waals surface area contributed by atoms with Gasteiger partial charge in [0.05, 0.1) is 17.2 Å². The van der Waals surface area contributed by atoms with Crippen molar-refractivity contribution in [2.24, 2.45) is 10.7 Å². The van der Waals surface area contributed by atoms with Gasteiger partial charge in [0.15, 0.2) is 23.3 Å². The zero-order valence-corrected chi connectivity index (χ0v) is 20.7. The Bertz CT molecular complexity index is 1280. The summed E-state index contributed by atoms with van der Waals surface area (Å²) in [6.07, 6.45) is 2.53. The van der Waals surface area contributed by atoms with Crippen molar-refractivity contribution in [2.45, 2.75) is 13.3 Å². The number of carbonyl (C=O) groups is 2. The Morgan fingerprint density at radius 1 is 1.00 bits per heavy atom. The molecule has 3 aromatic rings. The minimum absolute atomic E-state index is 0.0994. The molecular weight excluding hydrogens is 474 g/mol. The van der Waals surface area contributed by atoms with E-state index in [1.807, 2.05) is 61.5 Å². The molecule has 0 atom stereocenters. The first-order valence-electron chi connectivity index (χ1n) is 11.6. The zero-order valence-electron chi connectivity index (χ0n) is 19.9. The van der Waals surface area contributed by atoms with Gasteiger partial charge in [-0.3, -0.25) is 14.5 Å². The molecule has 1 saturated heterocycles. The smallest absolute Gasteiger partial charge is 0.266 e. The molecule has 1 fully saturated rings. The molecule has 1 aliphatic rings. The van der Waals surface area contributed by atoms with Gasteiger partial charge in [-0.2, -0.15) is 0 Å². The van der Waals surface area contributed by atoms with Crippen LogP contribution in [0.2, 0.25) is 0 Å². The van der Waals surface area contributed by atoms with Gasteiger partial charge >= 0.3 is 0 Å². The zero-order chi connectivity index (χ0) is 25.3. The number of para-hydroxylation sites is 1. The first kappa shape index (κ1) is 25.1. The number of benzene rings is 3. The number of thioether (sulfide) groups is 1. The van der Waals surface area contributed by atoms with Gasteiger partial charge in [-0.25, -0.2) is 4.99 Å². The second-order valence-corrected chi connectivity index (χ2v) is 8.94. The van der Waals surface area contributed by atoms with E-state index in [1.165, 1.54) is 11.8 Å². The summed E-state index contributed by atoms with van der Waals surface area (Å²) in [4.78, 5) is 31.6. The van der Waals surface area contributed by atoms with Gasteiger partial charge in [0, 0.05) is 6.54 Å². The third-order valence-corrected chi connectivity index (χ3v) is 6.28. The third kappa shape index (κ3) is 6.55. The maximum absolute atomic E-state index is 13.4. The maximum Gasteiger partial charge on any atom is 0.266 e. The lowest BCUT2D eigenvalue weighted by atomic mass is 10.1. The van der Waals surface area contributed by atoms with Gasteiger partial charge in [-0.05, 0) is 66.6 Å². The lowest BCUT2D eigenvalue weighted by molar-refractivity contribution is -0.122. The van der Waals surface area contributed by atoms with Gasteiger partial charge in [-0.1, -0.05) is 54.6 Å². The molecule has 0 unspecified atom stereocenters. The average Bonchev–Trinajstić information content (AvgIpc) is 3.17. The van der Waals surface area contributed by atoms with Crippen molar-refractivity contribution in [3.05, 3.63) is 94.9 Å². The van der Waals surface area contributed by atoms with Crippen molar-refractivity contribution in [1.82, 2.24) is 4.90 Å². The monoisotopic (exact) mass is 501 g/mol. The van der Waals surface area contributed by atoms with Crippen molar-refractivity contribution >= 4 is 40.5 Å². The average molecular weight is 502 g/mol. The van der Waals surface area contributed by atoms with Gasteiger partial charge in [0.25, 0.3) is 11.8 Å². The molecule has 184 valence electrons. The molecule has 36 heavy (non-hydrogen) atoms. The molecule has 8 heteroatoms. The van der Waals surface area contributed by atoms with E-state index in [4.69, 9.17) is 20.2 Å². The van der Waals surface area contributed by atoms with Crippen LogP contribution < -0.4 is 15.2 Å². The molecule has 0 radical (unpaired) electrons. The number of hydrogen-bond acceptors (Lipinski definition) is 6.